The van der Waals surface area contributed by atoms with Crippen molar-refractivity contribution < 1.29 is 21.6 Å². The Bertz CT molecular complexity index is 15.0. The number of aliphatic hydroxyl groups is 1. The van der Waals surface area contributed by atoms with Crippen LogP contribution in [0.4, 0.5) is 0 Å². The van der Waals surface area contributed by atoms with E-state index in [1.54, 1.807) is 0 Å². The molecule has 0 saturated carbocycles. The first-order valence-electron chi connectivity index (χ1n) is 1.82. The summed E-state index contributed by atoms with van der Waals surface area (Å²) in [4.78, 5) is 0. The smallest absolute Gasteiger partial charge is 0.0406 e. The van der Waals surface area contributed by atoms with Crippen LogP contribution in [-0.4, -0.2) is 11.7 Å². The van der Waals surface area contributed by atoms with Crippen LogP contribution < -0.4 is 0 Å². The molecule has 0 amide bonds. The zero-order chi connectivity index (χ0) is 4.12. The Morgan fingerprint density at radius 2 is 2.00 bits per heavy atom. The fourth-order valence-corrected chi connectivity index (χ4v) is 0.112. The average Bonchev–Trinajstić information content (AvgIpc) is 1.41. The van der Waals surface area contributed by atoms with Crippen LogP contribution >= 0.6 is 0 Å². The van der Waals surface area contributed by atoms with Crippen molar-refractivity contribution in [2.24, 2.45) is 0 Å². The van der Waals surface area contributed by atoms with Gasteiger partial charge in [0, 0.05) is 23.1 Å². The fraction of sp³-hybridized carbons (Fsp3) is 0.750. The van der Waals surface area contributed by atoms with Gasteiger partial charge in [-0.15, -0.1) is 0 Å². The predicted octanol–water partition coefficient (Wildman–Crippen LogP) is 0.590. The number of aliphatic hydroxyl groups excluding tert-OH is 1. The van der Waals surface area contributed by atoms with Crippen LogP contribution in [0.3, 0.4) is 0 Å². The molecule has 1 nitrogen and oxygen atoms in total. The van der Waals surface area contributed by atoms with Gasteiger partial charge in [-0.2, -0.15) is 6.42 Å². The van der Waals surface area contributed by atoms with Gasteiger partial charge in [-0.25, -0.2) is 0 Å². The largest absolute Gasteiger partial charge is 0.396 e. The number of hydrogen-bond acceptors (Lipinski definition) is 1. The third-order valence-electron chi connectivity index (χ3n) is 0.408. The molecule has 0 bridgehead atoms. The maximum absolute atomic E-state index is 8.03. The Labute approximate surface area is 48.7 Å². The molecule has 0 aliphatic heterocycles. The van der Waals surface area contributed by atoms with Crippen molar-refractivity contribution in [3.8, 4) is 0 Å². The second-order valence-electron chi connectivity index (χ2n) is 0.931. The molecule has 1 N–H and O–H groups in total. The van der Waals surface area contributed by atoms with Crippen molar-refractivity contribution in [1.29, 1.82) is 0 Å². The molecule has 0 unspecified atom stereocenters. The van der Waals surface area contributed by atoms with Gasteiger partial charge in [0.2, 0.25) is 0 Å². The molecular weight excluding hydrogens is 123 g/mol. The first-order chi connectivity index (χ1) is 2.41. The van der Waals surface area contributed by atoms with Gasteiger partial charge >= 0.3 is 0 Å². The minimum atomic E-state index is 0. The molecule has 0 rings (SSSR count). The van der Waals surface area contributed by atoms with Gasteiger partial charge in [0.25, 0.3) is 0 Å². The topological polar surface area (TPSA) is 20.2 Å². The van der Waals surface area contributed by atoms with Crippen LogP contribution in [0.5, 0.6) is 0 Å². The Hall–Kier alpha value is 0.454. The quantitative estimate of drug-likeness (QED) is 0.430. The summed E-state index contributed by atoms with van der Waals surface area (Å²) in [5, 5.41) is 8.03. The van der Waals surface area contributed by atoms with Gasteiger partial charge in [-0.05, 0) is 0 Å². The van der Waals surface area contributed by atoms with Crippen molar-refractivity contribution in [2.45, 2.75) is 12.8 Å². The van der Waals surface area contributed by atoms with E-state index in [-0.39, 0.29) is 23.1 Å². The van der Waals surface area contributed by atoms with E-state index in [4.69, 9.17) is 5.11 Å². The zero-order valence-corrected chi connectivity index (χ0v) is 4.58. The summed E-state index contributed by atoms with van der Waals surface area (Å²) in [5.74, 6) is 0. The van der Waals surface area contributed by atoms with Crippen LogP contribution in [0.25, 0.3) is 0 Å². The number of unbranched alkanes of at least 4 members (excludes halogenated alkanes) is 1. The second-order valence-corrected chi connectivity index (χ2v) is 0.931. The van der Waals surface area contributed by atoms with E-state index in [9.17, 15) is 0 Å². The van der Waals surface area contributed by atoms with Gasteiger partial charge in [-0.3, -0.25) is 0 Å². The second kappa shape index (κ2) is 9.07. The molecule has 2 heteroatoms. The van der Waals surface area contributed by atoms with E-state index in [1.165, 1.54) is 0 Å². The van der Waals surface area contributed by atoms with E-state index in [0.29, 0.717) is 0 Å². The Morgan fingerprint density at radius 1 is 1.50 bits per heavy atom. The molecular formula is C4H9NiO-. The summed E-state index contributed by atoms with van der Waals surface area (Å²) in [6, 6.07) is 0. The van der Waals surface area contributed by atoms with Gasteiger partial charge in [-0.1, -0.05) is 6.42 Å². The van der Waals surface area contributed by atoms with Crippen LogP contribution in [-0.2, 0) is 16.5 Å². The molecule has 0 fully saturated rings. The zero-order valence-electron chi connectivity index (χ0n) is 3.59. The van der Waals surface area contributed by atoms with Gasteiger partial charge in [0.1, 0.15) is 0 Å². The van der Waals surface area contributed by atoms with Gasteiger partial charge in [0.15, 0.2) is 0 Å². The van der Waals surface area contributed by atoms with E-state index >= 15 is 0 Å². The minimum Gasteiger partial charge on any atom is -0.396 e. The molecule has 0 spiro atoms. The first kappa shape index (κ1) is 9.68. The van der Waals surface area contributed by atoms with Gasteiger partial charge in [0.05, 0.1) is 0 Å². The fourth-order valence-electron chi connectivity index (χ4n) is 0.112. The van der Waals surface area contributed by atoms with Crippen molar-refractivity contribution in [3.63, 3.8) is 0 Å². The van der Waals surface area contributed by atoms with Crippen LogP contribution in [0, 0.1) is 6.92 Å². The van der Waals surface area contributed by atoms with Crippen LogP contribution in [0.15, 0.2) is 0 Å². The molecule has 0 aromatic heterocycles. The molecule has 0 radical (unpaired) electrons. The minimum absolute atomic E-state index is 0. The maximum Gasteiger partial charge on any atom is 0.0406 e. The summed E-state index contributed by atoms with van der Waals surface area (Å²) in [6.07, 6.45) is 1.68. The maximum atomic E-state index is 8.03. The molecule has 0 heterocycles. The first-order valence-corrected chi connectivity index (χ1v) is 1.82. The third-order valence-corrected chi connectivity index (χ3v) is 0.408. The van der Waals surface area contributed by atoms with E-state index in [2.05, 4.69) is 6.92 Å². The molecule has 42 valence electrons. The average molecular weight is 132 g/mol. The van der Waals surface area contributed by atoms with Crippen LogP contribution in [0.2, 0.25) is 0 Å². The third kappa shape index (κ3) is 8.82. The summed E-state index contributed by atoms with van der Waals surface area (Å²) in [6.45, 7) is 3.80. The molecule has 0 aromatic rings. The Balaban J connectivity index is 0. The summed E-state index contributed by atoms with van der Waals surface area (Å²) in [5.41, 5.74) is 0. The number of rotatable bonds is 2. The number of hydrogen-bond donors (Lipinski definition) is 1. The van der Waals surface area contributed by atoms with E-state index in [1.807, 2.05) is 0 Å². The summed E-state index contributed by atoms with van der Waals surface area (Å²) < 4.78 is 0. The van der Waals surface area contributed by atoms with Crippen molar-refractivity contribution in [1.82, 2.24) is 0 Å². The normalized spacial score (nSPS) is 7.00. The summed E-state index contributed by atoms with van der Waals surface area (Å²) in [7, 11) is 0. The van der Waals surface area contributed by atoms with Crippen molar-refractivity contribution >= 4 is 0 Å². The molecule has 0 aliphatic carbocycles. The van der Waals surface area contributed by atoms with Crippen molar-refractivity contribution in [3.05, 3.63) is 6.92 Å². The predicted molar refractivity (Wildman–Crippen MR) is 21.7 cm³/mol. The summed E-state index contributed by atoms with van der Waals surface area (Å²) >= 11 is 0. The molecule has 0 aliphatic rings. The molecule has 0 saturated heterocycles. The SMILES string of the molecule is [CH2-]CCCO.[Ni]. The van der Waals surface area contributed by atoms with Crippen LogP contribution in [0.1, 0.15) is 12.8 Å². The van der Waals surface area contributed by atoms with Crippen molar-refractivity contribution in [2.75, 3.05) is 6.61 Å². The molecule has 0 aromatic carbocycles. The van der Waals surface area contributed by atoms with E-state index in [0.717, 1.165) is 12.8 Å². The monoisotopic (exact) mass is 131 g/mol. The van der Waals surface area contributed by atoms with E-state index < -0.39 is 0 Å². The molecule has 0 atom stereocenters. The van der Waals surface area contributed by atoms with Gasteiger partial charge < -0.3 is 12.0 Å². The Kier molecular flexibility index (Phi) is 14.6. The Morgan fingerprint density at radius 3 is 2.00 bits per heavy atom. The molecule has 6 heavy (non-hydrogen) atoms. The standard InChI is InChI=1S/C4H9O.Ni/c1-2-3-4-5;/h5H,1-4H2;/q-1;.